The lowest BCUT2D eigenvalue weighted by molar-refractivity contribution is -0.147. The summed E-state index contributed by atoms with van der Waals surface area (Å²) < 4.78 is 49.0. The Morgan fingerprint density at radius 2 is 1.08 bits per heavy atom. The Morgan fingerprint density at radius 1 is 0.646 bits per heavy atom. The molecule has 2 aliphatic rings. The molecule has 0 unspecified atom stereocenters. The summed E-state index contributed by atoms with van der Waals surface area (Å²) in [5.41, 5.74) is 11.0. The number of aliphatic carboxylic acids is 2. The van der Waals surface area contributed by atoms with Crippen LogP contribution in [0, 0.1) is 23.2 Å². The molecule has 33 nitrogen and oxygen atoms in total. The van der Waals surface area contributed by atoms with Crippen molar-refractivity contribution in [3.05, 3.63) is 23.7 Å². The number of aliphatic hydroxyl groups excluding tert-OH is 4. The molecule has 18 N–H and O–H groups in total. The van der Waals surface area contributed by atoms with Gasteiger partial charge in [-0.1, -0.05) is 5.92 Å². The Hall–Kier alpha value is -7.29. The zero-order valence-corrected chi connectivity index (χ0v) is 43.8. The second-order valence-corrected chi connectivity index (χ2v) is 17.1. The van der Waals surface area contributed by atoms with Gasteiger partial charge in [0.05, 0.1) is 103 Å². The Kier molecular flexibility index (Phi) is 32.2. The van der Waals surface area contributed by atoms with Crippen LogP contribution in [0.3, 0.4) is 0 Å². The van der Waals surface area contributed by atoms with E-state index in [9.17, 15) is 64.2 Å². The van der Waals surface area contributed by atoms with Crippen LogP contribution in [0.15, 0.2) is 23.7 Å². The van der Waals surface area contributed by atoms with Crippen LogP contribution < -0.4 is 43.4 Å². The third-order valence-corrected chi connectivity index (χ3v) is 11.0. The summed E-state index contributed by atoms with van der Waals surface area (Å²) in [6, 6.07) is -5.00. The summed E-state index contributed by atoms with van der Waals surface area (Å²) >= 11 is 0. The fourth-order valence-electron chi connectivity index (χ4n) is 7.54. The molecule has 5 amide bonds. The van der Waals surface area contributed by atoms with Crippen LogP contribution in [0.1, 0.15) is 33.1 Å². The number of terminal acetylenes is 1. The molecule has 0 spiro atoms. The van der Waals surface area contributed by atoms with E-state index in [1.807, 2.05) is 0 Å². The van der Waals surface area contributed by atoms with Crippen molar-refractivity contribution in [2.75, 3.05) is 105 Å². The highest BCUT2D eigenvalue weighted by atomic mass is 16.6. The van der Waals surface area contributed by atoms with Gasteiger partial charge in [0, 0.05) is 40.0 Å². The average molecular weight is 1130 g/mol. The molecule has 446 valence electrons. The lowest BCUT2D eigenvalue weighted by atomic mass is 9.92. The molecule has 79 heavy (non-hydrogen) atoms. The van der Waals surface area contributed by atoms with Gasteiger partial charge in [-0.2, -0.15) is 0 Å². The summed E-state index contributed by atoms with van der Waals surface area (Å²) in [4.78, 5) is 89.2. The maximum atomic E-state index is 13.4. The number of rotatable bonds is 38. The normalized spacial score (nSPS) is 20.0. The molecule has 2 aliphatic heterocycles. The van der Waals surface area contributed by atoms with E-state index in [0.29, 0.717) is 26.2 Å². The number of carboxylic acid groups (broad SMARTS) is 2. The molecule has 33 heteroatoms. The Bertz CT molecular complexity index is 2100. The first-order valence-electron chi connectivity index (χ1n) is 24.7. The molecule has 0 fully saturated rings. The molecule has 0 aliphatic carbocycles. The third-order valence-electron chi connectivity index (χ3n) is 11.0. The van der Waals surface area contributed by atoms with E-state index in [1.165, 1.54) is 4.90 Å². The minimum Gasteiger partial charge on any atom is -0.477 e. The van der Waals surface area contributed by atoms with Crippen molar-refractivity contribution in [2.45, 2.75) is 93.9 Å². The average Bonchev–Trinajstić information content (AvgIpc) is 3.40. The van der Waals surface area contributed by atoms with Gasteiger partial charge in [-0.3, -0.25) is 25.2 Å². The van der Waals surface area contributed by atoms with Gasteiger partial charge >= 0.3 is 24.1 Å². The van der Waals surface area contributed by atoms with Crippen molar-refractivity contribution in [1.82, 2.24) is 36.8 Å². The molecule has 0 aromatic rings. The van der Waals surface area contributed by atoms with Gasteiger partial charge in [-0.15, -0.1) is 6.42 Å². The van der Waals surface area contributed by atoms with Crippen LogP contribution in [0.5, 0.6) is 0 Å². The highest BCUT2D eigenvalue weighted by molar-refractivity contribution is 5.86. The van der Waals surface area contributed by atoms with E-state index >= 15 is 0 Å². The number of carbonyl (C=O) groups is 7. The topological polar surface area (TPSA) is 499 Å². The molecular formula is C46H75N11O22. The number of carbonyl (C=O) groups excluding carboxylic acids is 5. The monoisotopic (exact) mass is 1130 g/mol. The highest BCUT2D eigenvalue weighted by Crippen LogP contribution is 2.27. The third kappa shape index (κ3) is 26.3. The van der Waals surface area contributed by atoms with Crippen molar-refractivity contribution >= 4 is 53.8 Å². The standard InChI is InChI=1S/C46H75N11O22/c1-4-12-71-16-18-74-20-21-75-19-17-72-13-7-34(64)57(10-6-5-8-51-45(69)78-37(30(62)24-58)39-35(53-26(2)60)28(55-43(47)48)22-32(76-39)41(65)66)11-15-73-14-9-52-46(70)79-38(31(63)25-59)40-36(54-27(3)61)29(56-44(49)50)23-33(77-40)42(67)68/h1,22-23,28-31,35-40,58-59,62-63H,5-21,24-25H2,2-3H3,(H,51,69)(H,52,70)(H,53,60)(H,54,61)(H,65,66)(H,67,68)(H4,47,48,55)(H4,49,50,56)/t28-,29-,30+,31+,35+,36+,37+,38+,39+,40+/m0/s1. The number of nitrogens with one attached hydrogen (secondary N) is 8. The van der Waals surface area contributed by atoms with Gasteiger partial charge in [0.25, 0.3) is 0 Å². The minimum absolute atomic E-state index is 0.0247. The lowest BCUT2D eigenvalue weighted by Gasteiger charge is -2.41. The van der Waals surface area contributed by atoms with Crippen molar-refractivity contribution in [1.29, 1.82) is 10.8 Å². The largest absolute Gasteiger partial charge is 0.477 e. The second kappa shape index (κ2) is 37.5. The smallest absolute Gasteiger partial charge is 0.407 e. The highest BCUT2D eigenvalue weighted by Gasteiger charge is 2.48. The number of nitrogens with zero attached hydrogens (tertiary/aromatic N) is 1. The molecule has 10 atom stereocenters. The molecule has 2 rings (SSSR count). The van der Waals surface area contributed by atoms with E-state index < -0.39 is 133 Å². The number of aliphatic hydroxyl groups is 4. The van der Waals surface area contributed by atoms with Gasteiger partial charge in [-0.25, -0.2) is 19.2 Å². The summed E-state index contributed by atoms with van der Waals surface area (Å²) in [5, 5.41) is 90.5. The van der Waals surface area contributed by atoms with Crippen molar-refractivity contribution in [3.8, 4) is 12.3 Å². The van der Waals surface area contributed by atoms with Crippen LogP contribution in [-0.2, 0) is 66.6 Å². The van der Waals surface area contributed by atoms with Crippen molar-refractivity contribution in [3.63, 3.8) is 0 Å². The van der Waals surface area contributed by atoms with E-state index in [2.05, 4.69) is 37.8 Å². The summed E-state index contributed by atoms with van der Waals surface area (Å²) in [5.74, 6) is -5.10. The van der Waals surface area contributed by atoms with Crippen molar-refractivity contribution < 1.29 is 107 Å². The van der Waals surface area contributed by atoms with Gasteiger partial charge in [-0.05, 0) is 25.0 Å². The fourth-order valence-corrected chi connectivity index (χ4v) is 7.54. The van der Waals surface area contributed by atoms with E-state index in [-0.39, 0.29) is 91.2 Å². The number of ether oxygens (including phenoxy) is 9. The zero-order valence-electron chi connectivity index (χ0n) is 43.8. The molecule has 2 heterocycles. The summed E-state index contributed by atoms with van der Waals surface area (Å²) in [6.07, 6.45) is -5.28. The number of alkyl carbamates (subject to hydrolysis) is 2. The van der Waals surface area contributed by atoms with Gasteiger partial charge in [0.2, 0.25) is 29.2 Å². The van der Waals surface area contributed by atoms with Crippen LogP contribution in [-0.4, -0.2) is 256 Å². The van der Waals surface area contributed by atoms with Gasteiger partial charge in [0.1, 0.15) is 18.8 Å². The Morgan fingerprint density at radius 3 is 1.49 bits per heavy atom. The first kappa shape index (κ1) is 67.8. The predicted octanol–water partition coefficient (Wildman–Crippen LogP) is -5.96. The van der Waals surface area contributed by atoms with E-state index in [0.717, 1.165) is 26.0 Å². The number of nitrogens with two attached hydrogens (primary N) is 2. The minimum atomic E-state index is -1.87. The first-order valence-corrected chi connectivity index (χ1v) is 24.7. The van der Waals surface area contributed by atoms with Crippen LogP contribution >= 0.6 is 0 Å². The molecule has 0 aromatic carbocycles. The number of hydrogen-bond donors (Lipinski definition) is 16. The lowest BCUT2D eigenvalue weighted by Crippen LogP contribution is -2.65. The van der Waals surface area contributed by atoms with Crippen LogP contribution in [0.4, 0.5) is 9.59 Å². The zero-order chi connectivity index (χ0) is 58.9. The number of hydrogen-bond acceptors (Lipinski definition) is 22. The van der Waals surface area contributed by atoms with Crippen LogP contribution in [0.25, 0.3) is 0 Å². The molecule has 0 saturated heterocycles. The number of amides is 5. The molecule has 0 saturated carbocycles. The Balaban J connectivity index is 2.06. The number of unbranched alkanes of at least 4 members (excludes halogenated alkanes) is 1. The van der Waals surface area contributed by atoms with Crippen molar-refractivity contribution in [2.24, 2.45) is 11.5 Å². The SMILES string of the molecule is C#CCOCCOCCOCCOCCC(=O)N(CCCCNC(=O)O[C@@H]([C@@H]1OC(C(=O)O)=C[C@H](NC(=N)N)[C@H]1NC(C)=O)[C@H](O)CO)CCOCCNC(=O)O[C@@H]([C@@H]1OC(C(=O)O)=C[C@H](NC(=N)N)[C@H]1NC(C)=O)[C@H](O)CO. The molecule has 0 aromatic heterocycles. The summed E-state index contributed by atoms with van der Waals surface area (Å²) in [7, 11) is 0. The maximum Gasteiger partial charge on any atom is 0.407 e. The maximum absolute atomic E-state index is 13.4. The fraction of sp³-hybridized carbons (Fsp3) is 0.674. The van der Waals surface area contributed by atoms with Gasteiger partial charge in [0.15, 0.2) is 36.3 Å². The number of guanidine groups is 2. The summed E-state index contributed by atoms with van der Waals surface area (Å²) in [6.45, 7) is 1.82. The van der Waals surface area contributed by atoms with E-state index in [1.54, 1.807) is 0 Å². The molecule has 0 bridgehead atoms. The van der Waals surface area contributed by atoms with Crippen LogP contribution in [0.2, 0.25) is 0 Å². The predicted molar refractivity (Wildman–Crippen MR) is 270 cm³/mol. The first-order chi connectivity index (χ1) is 37.6. The molecular weight excluding hydrogens is 1060 g/mol. The molecule has 0 radical (unpaired) electrons. The Labute approximate surface area is 454 Å². The van der Waals surface area contributed by atoms with Gasteiger partial charge < -0.3 is 122 Å². The quantitative estimate of drug-likeness (QED) is 0.0118. The van der Waals surface area contributed by atoms with E-state index in [4.69, 9.17) is 71.3 Å². The number of carboxylic acids is 2. The second-order valence-electron chi connectivity index (χ2n) is 17.1.